The average Bonchev–Trinajstić information content (AvgIpc) is 2.56. The number of rotatable bonds is 3. The fourth-order valence-corrected chi connectivity index (χ4v) is 2.10. The molecule has 2 rings (SSSR count). The van der Waals surface area contributed by atoms with Gasteiger partial charge in [-0.25, -0.2) is 4.98 Å². The summed E-state index contributed by atoms with van der Waals surface area (Å²) in [6.45, 7) is 2.04. The van der Waals surface area contributed by atoms with Crippen molar-refractivity contribution in [1.82, 2.24) is 10.4 Å². The third-order valence-corrected chi connectivity index (χ3v) is 2.72. The summed E-state index contributed by atoms with van der Waals surface area (Å²) < 4.78 is 1.11. The van der Waals surface area contributed by atoms with Crippen LogP contribution in [0, 0.1) is 6.92 Å². The van der Waals surface area contributed by atoms with Crippen LogP contribution in [0.25, 0.3) is 10.2 Å². The van der Waals surface area contributed by atoms with Crippen LogP contribution in [0.15, 0.2) is 18.2 Å². The lowest BCUT2D eigenvalue weighted by Crippen LogP contribution is -2.18. The lowest BCUT2D eigenvalue weighted by atomic mass is 10.2. The second-order valence-electron chi connectivity index (χ2n) is 2.88. The molecule has 0 spiro atoms. The van der Waals surface area contributed by atoms with Crippen LogP contribution in [0.5, 0.6) is 0 Å². The van der Waals surface area contributed by atoms with Crippen molar-refractivity contribution >= 4 is 33.1 Å². The van der Waals surface area contributed by atoms with Crippen LogP contribution >= 0.6 is 11.3 Å². The third-order valence-electron chi connectivity index (χ3n) is 1.78. The van der Waals surface area contributed by atoms with E-state index in [1.54, 1.807) is 0 Å². The molecule has 0 unspecified atom stereocenters. The monoisotopic (exact) mass is 207 g/mol. The van der Waals surface area contributed by atoms with Gasteiger partial charge in [-0.2, -0.15) is 0 Å². The molecule has 1 heterocycles. The molecule has 2 N–H and O–H groups in total. The molecule has 0 saturated carbocycles. The number of carbonyl (C=O) groups excluding carboxylic acids is 1. The van der Waals surface area contributed by atoms with Crippen molar-refractivity contribution in [2.24, 2.45) is 0 Å². The molecule has 14 heavy (non-hydrogen) atoms. The van der Waals surface area contributed by atoms with Crippen LogP contribution in [-0.4, -0.2) is 11.4 Å². The third kappa shape index (κ3) is 1.67. The van der Waals surface area contributed by atoms with E-state index in [1.165, 1.54) is 16.9 Å². The van der Waals surface area contributed by atoms with E-state index in [0.717, 1.165) is 10.2 Å². The zero-order valence-electron chi connectivity index (χ0n) is 7.57. The van der Waals surface area contributed by atoms with Gasteiger partial charge < -0.3 is 0 Å². The average molecular weight is 207 g/mol. The molecule has 1 aromatic heterocycles. The van der Waals surface area contributed by atoms with Crippen molar-refractivity contribution in [3.05, 3.63) is 23.8 Å². The van der Waals surface area contributed by atoms with Crippen LogP contribution in [0.2, 0.25) is 0 Å². The molecule has 0 radical (unpaired) electrons. The van der Waals surface area contributed by atoms with E-state index in [0.29, 0.717) is 11.5 Å². The Balaban J connectivity index is 2.36. The second kappa shape index (κ2) is 3.63. The number of hydrazine groups is 1. The number of aromatic nitrogens is 1. The summed E-state index contributed by atoms with van der Waals surface area (Å²) in [6, 6.07) is 6.05. The van der Waals surface area contributed by atoms with Gasteiger partial charge in [-0.05, 0) is 24.6 Å². The SMILES string of the molecule is Cc1ccc2nc(NNC=O)sc2c1. The first-order valence-electron chi connectivity index (χ1n) is 4.12. The predicted octanol–water partition coefficient (Wildman–Crippen LogP) is 1.68. The lowest BCUT2D eigenvalue weighted by Gasteiger charge is -1.94. The molecule has 5 heteroatoms. The Morgan fingerprint density at radius 2 is 2.36 bits per heavy atom. The molecule has 0 fully saturated rings. The number of benzene rings is 1. The van der Waals surface area contributed by atoms with Gasteiger partial charge in [0.2, 0.25) is 11.5 Å². The molecule has 0 saturated heterocycles. The van der Waals surface area contributed by atoms with Crippen LogP contribution in [0.4, 0.5) is 5.13 Å². The number of fused-ring (bicyclic) bond motifs is 1. The number of aryl methyl sites for hydroxylation is 1. The summed E-state index contributed by atoms with van der Waals surface area (Å²) in [4.78, 5) is 14.3. The van der Waals surface area contributed by atoms with Gasteiger partial charge in [0.1, 0.15) is 0 Å². The molecule has 0 aliphatic rings. The Morgan fingerprint density at radius 3 is 3.14 bits per heavy atom. The molecule has 72 valence electrons. The van der Waals surface area contributed by atoms with Crippen molar-refractivity contribution in [2.45, 2.75) is 6.92 Å². The molecule has 0 atom stereocenters. The van der Waals surface area contributed by atoms with E-state index >= 15 is 0 Å². The van der Waals surface area contributed by atoms with Crippen LogP contribution in [-0.2, 0) is 4.79 Å². The normalized spacial score (nSPS) is 10.1. The van der Waals surface area contributed by atoms with Crippen molar-refractivity contribution in [1.29, 1.82) is 0 Å². The highest BCUT2D eigenvalue weighted by Crippen LogP contribution is 2.25. The minimum absolute atomic E-state index is 0.581. The zero-order valence-corrected chi connectivity index (χ0v) is 8.39. The summed E-state index contributed by atoms with van der Waals surface area (Å²) in [6.07, 6.45) is 0.581. The number of hydrogen-bond acceptors (Lipinski definition) is 4. The van der Waals surface area contributed by atoms with Gasteiger partial charge >= 0.3 is 0 Å². The summed E-state index contributed by atoms with van der Waals surface area (Å²) in [5.41, 5.74) is 7.20. The molecule has 0 bridgehead atoms. The standard InChI is InChI=1S/C9H9N3OS/c1-6-2-3-7-8(4-6)14-9(11-7)12-10-5-13/h2-5H,1H3,(H,10,13)(H,11,12). The number of nitrogens with zero attached hydrogens (tertiary/aromatic N) is 1. The van der Waals surface area contributed by atoms with E-state index in [4.69, 9.17) is 0 Å². The van der Waals surface area contributed by atoms with Gasteiger partial charge in [0.15, 0.2) is 0 Å². The van der Waals surface area contributed by atoms with Crippen molar-refractivity contribution < 1.29 is 4.79 Å². The molecule has 0 aliphatic heterocycles. The number of thiazole rings is 1. The van der Waals surface area contributed by atoms with E-state index in [9.17, 15) is 4.79 Å². The number of anilines is 1. The van der Waals surface area contributed by atoms with Crippen molar-refractivity contribution in [3.63, 3.8) is 0 Å². The molecular weight excluding hydrogens is 198 g/mol. The summed E-state index contributed by atoms with van der Waals surface area (Å²) in [5, 5.41) is 0.692. The van der Waals surface area contributed by atoms with Crippen LogP contribution < -0.4 is 10.9 Å². The van der Waals surface area contributed by atoms with E-state index in [2.05, 4.69) is 21.9 Å². The van der Waals surface area contributed by atoms with E-state index in [-0.39, 0.29) is 0 Å². The van der Waals surface area contributed by atoms with Crippen molar-refractivity contribution in [3.8, 4) is 0 Å². The maximum absolute atomic E-state index is 10.1. The smallest absolute Gasteiger partial charge is 0.225 e. The molecule has 2 aromatic rings. The molecule has 0 aliphatic carbocycles. The number of amides is 1. The van der Waals surface area contributed by atoms with Crippen LogP contribution in [0.3, 0.4) is 0 Å². The van der Waals surface area contributed by atoms with Crippen LogP contribution in [0.1, 0.15) is 5.56 Å². The maximum atomic E-state index is 10.1. The first kappa shape index (κ1) is 8.96. The van der Waals surface area contributed by atoms with Gasteiger partial charge in [-0.1, -0.05) is 17.4 Å². The number of nitrogens with one attached hydrogen (secondary N) is 2. The van der Waals surface area contributed by atoms with Gasteiger partial charge in [0, 0.05) is 0 Å². The fraction of sp³-hybridized carbons (Fsp3) is 0.111. The first-order valence-corrected chi connectivity index (χ1v) is 4.93. The highest BCUT2D eigenvalue weighted by molar-refractivity contribution is 7.22. The second-order valence-corrected chi connectivity index (χ2v) is 3.91. The highest BCUT2D eigenvalue weighted by Gasteiger charge is 2.02. The van der Waals surface area contributed by atoms with E-state index in [1.807, 2.05) is 19.1 Å². The minimum Gasteiger partial charge on any atom is -0.277 e. The first-order chi connectivity index (χ1) is 6.79. The maximum Gasteiger partial charge on any atom is 0.225 e. The fourth-order valence-electron chi connectivity index (χ4n) is 1.18. The summed E-state index contributed by atoms with van der Waals surface area (Å²) in [5.74, 6) is 0. The quantitative estimate of drug-likeness (QED) is 0.594. The Bertz CT molecular complexity index is 466. The molecule has 4 nitrogen and oxygen atoms in total. The van der Waals surface area contributed by atoms with Gasteiger partial charge in [0.25, 0.3) is 0 Å². The van der Waals surface area contributed by atoms with Gasteiger partial charge in [-0.3, -0.25) is 15.6 Å². The van der Waals surface area contributed by atoms with Gasteiger partial charge in [0.05, 0.1) is 10.2 Å². The minimum atomic E-state index is 0.581. The molecular formula is C9H9N3OS. The lowest BCUT2D eigenvalue weighted by molar-refractivity contribution is -0.109. The zero-order chi connectivity index (χ0) is 9.97. The summed E-state index contributed by atoms with van der Waals surface area (Å²) in [7, 11) is 0. The molecule has 1 amide bonds. The highest BCUT2D eigenvalue weighted by atomic mass is 32.1. The Kier molecular flexibility index (Phi) is 2.32. The predicted molar refractivity (Wildman–Crippen MR) is 57.2 cm³/mol. The number of carbonyl (C=O) groups is 1. The van der Waals surface area contributed by atoms with Crippen molar-refractivity contribution in [2.75, 3.05) is 5.43 Å². The Labute approximate surface area is 84.9 Å². The van der Waals surface area contributed by atoms with E-state index < -0.39 is 0 Å². The number of hydrogen-bond donors (Lipinski definition) is 2. The largest absolute Gasteiger partial charge is 0.277 e. The topological polar surface area (TPSA) is 54.0 Å². The summed E-state index contributed by atoms with van der Waals surface area (Å²) >= 11 is 1.51. The molecule has 1 aromatic carbocycles. The Morgan fingerprint density at radius 1 is 1.50 bits per heavy atom. The Hall–Kier alpha value is -1.62. The van der Waals surface area contributed by atoms with Gasteiger partial charge in [-0.15, -0.1) is 0 Å².